The molecule has 2 heterocycles. The highest BCUT2D eigenvalue weighted by Gasteiger charge is 2.14. The standard InChI is InChI=1S/C17H12N4/c1-2-6-13(7-3-1)16-17(20-21-19-16)14-10-4-8-12-9-5-11-18-15(12)14/h1-11H,(H,19,20,21). The molecule has 0 spiro atoms. The molecule has 0 atom stereocenters. The third-order valence-corrected chi connectivity index (χ3v) is 3.48. The first-order valence-electron chi connectivity index (χ1n) is 6.74. The van der Waals surface area contributed by atoms with Crippen molar-refractivity contribution in [2.45, 2.75) is 0 Å². The lowest BCUT2D eigenvalue weighted by Gasteiger charge is -2.04. The Balaban J connectivity index is 1.97. The van der Waals surface area contributed by atoms with Gasteiger partial charge in [0.15, 0.2) is 0 Å². The maximum absolute atomic E-state index is 4.49. The Hall–Kier alpha value is -3.01. The third-order valence-electron chi connectivity index (χ3n) is 3.48. The number of pyridine rings is 1. The first kappa shape index (κ1) is 11.8. The maximum Gasteiger partial charge on any atom is 0.122 e. The quantitative estimate of drug-likeness (QED) is 0.605. The molecule has 2 aromatic heterocycles. The van der Waals surface area contributed by atoms with Gasteiger partial charge in [-0.3, -0.25) is 4.98 Å². The van der Waals surface area contributed by atoms with Crippen LogP contribution in [0.1, 0.15) is 0 Å². The Bertz CT molecular complexity index is 891. The van der Waals surface area contributed by atoms with Crippen LogP contribution in [-0.4, -0.2) is 20.4 Å². The van der Waals surface area contributed by atoms with E-state index in [9.17, 15) is 0 Å². The zero-order chi connectivity index (χ0) is 14.1. The van der Waals surface area contributed by atoms with Gasteiger partial charge < -0.3 is 0 Å². The lowest BCUT2D eigenvalue weighted by atomic mass is 10.0. The molecule has 0 radical (unpaired) electrons. The van der Waals surface area contributed by atoms with Gasteiger partial charge in [0.05, 0.1) is 5.52 Å². The van der Waals surface area contributed by atoms with Crippen LogP contribution in [0.5, 0.6) is 0 Å². The van der Waals surface area contributed by atoms with E-state index in [-0.39, 0.29) is 0 Å². The van der Waals surface area contributed by atoms with Crippen molar-refractivity contribution in [2.24, 2.45) is 0 Å². The van der Waals surface area contributed by atoms with Crippen molar-refractivity contribution in [3.05, 3.63) is 66.9 Å². The minimum atomic E-state index is 0.825. The number of aromatic nitrogens is 4. The van der Waals surface area contributed by atoms with E-state index in [0.717, 1.165) is 33.4 Å². The van der Waals surface area contributed by atoms with E-state index in [0.29, 0.717) is 0 Å². The Morgan fingerprint density at radius 3 is 2.43 bits per heavy atom. The summed E-state index contributed by atoms with van der Waals surface area (Å²) in [4.78, 5) is 4.49. The number of aromatic amines is 1. The van der Waals surface area contributed by atoms with Gasteiger partial charge in [-0.2, -0.15) is 15.4 Å². The number of rotatable bonds is 2. The smallest absolute Gasteiger partial charge is 0.122 e. The summed E-state index contributed by atoms with van der Waals surface area (Å²) < 4.78 is 0. The number of nitrogens with one attached hydrogen (secondary N) is 1. The van der Waals surface area contributed by atoms with Crippen molar-refractivity contribution in [1.29, 1.82) is 0 Å². The molecule has 0 aliphatic rings. The Morgan fingerprint density at radius 2 is 1.52 bits per heavy atom. The van der Waals surface area contributed by atoms with Gasteiger partial charge in [-0.15, -0.1) is 0 Å². The molecule has 2 aromatic carbocycles. The van der Waals surface area contributed by atoms with Crippen molar-refractivity contribution in [3.8, 4) is 22.5 Å². The van der Waals surface area contributed by atoms with Crippen molar-refractivity contribution >= 4 is 10.9 Å². The van der Waals surface area contributed by atoms with Crippen molar-refractivity contribution in [2.75, 3.05) is 0 Å². The van der Waals surface area contributed by atoms with Gasteiger partial charge in [0.2, 0.25) is 0 Å². The highest BCUT2D eigenvalue weighted by molar-refractivity contribution is 5.95. The number of hydrogen-bond acceptors (Lipinski definition) is 3. The molecule has 4 rings (SSSR count). The van der Waals surface area contributed by atoms with Crippen molar-refractivity contribution in [1.82, 2.24) is 20.4 Å². The predicted molar refractivity (Wildman–Crippen MR) is 82.6 cm³/mol. The summed E-state index contributed by atoms with van der Waals surface area (Å²) in [6.45, 7) is 0. The summed E-state index contributed by atoms with van der Waals surface area (Å²) in [7, 11) is 0. The van der Waals surface area contributed by atoms with Gasteiger partial charge in [0, 0.05) is 22.7 Å². The Labute approximate surface area is 121 Å². The third kappa shape index (κ3) is 1.97. The number of H-pyrrole nitrogens is 1. The summed E-state index contributed by atoms with van der Waals surface area (Å²) in [5.74, 6) is 0. The molecule has 4 heteroatoms. The average Bonchev–Trinajstić information content (AvgIpc) is 3.04. The monoisotopic (exact) mass is 272 g/mol. The van der Waals surface area contributed by atoms with Gasteiger partial charge in [0.1, 0.15) is 11.4 Å². The van der Waals surface area contributed by atoms with Crippen LogP contribution < -0.4 is 0 Å². The van der Waals surface area contributed by atoms with Crippen molar-refractivity contribution < 1.29 is 0 Å². The van der Waals surface area contributed by atoms with Crippen LogP contribution in [0.3, 0.4) is 0 Å². The van der Waals surface area contributed by atoms with E-state index in [1.165, 1.54) is 0 Å². The second-order valence-electron chi connectivity index (χ2n) is 4.77. The first-order chi connectivity index (χ1) is 10.4. The largest absolute Gasteiger partial charge is 0.256 e. The molecule has 0 saturated carbocycles. The fourth-order valence-corrected chi connectivity index (χ4v) is 2.51. The van der Waals surface area contributed by atoms with Crippen molar-refractivity contribution in [3.63, 3.8) is 0 Å². The lowest BCUT2D eigenvalue weighted by Crippen LogP contribution is -1.87. The number of benzene rings is 2. The second kappa shape index (κ2) is 4.83. The summed E-state index contributed by atoms with van der Waals surface area (Å²) in [6, 6.07) is 20.1. The van der Waals surface area contributed by atoms with E-state index in [1.54, 1.807) is 6.20 Å². The SMILES string of the molecule is c1ccc(-c2n[nH]nc2-c2cccc3cccnc23)cc1. The molecule has 0 amide bonds. The molecule has 0 aliphatic carbocycles. The molecule has 0 saturated heterocycles. The molecule has 1 N–H and O–H groups in total. The fraction of sp³-hybridized carbons (Fsp3) is 0. The normalized spacial score (nSPS) is 10.9. The van der Waals surface area contributed by atoms with Gasteiger partial charge in [-0.1, -0.05) is 54.6 Å². The van der Waals surface area contributed by atoms with Crippen LogP contribution in [0.4, 0.5) is 0 Å². The van der Waals surface area contributed by atoms with Gasteiger partial charge >= 0.3 is 0 Å². The molecule has 100 valence electrons. The topological polar surface area (TPSA) is 54.5 Å². The lowest BCUT2D eigenvalue weighted by molar-refractivity contribution is 0.944. The summed E-state index contributed by atoms with van der Waals surface area (Å²) in [5.41, 5.74) is 4.63. The van der Waals surface area contributed by atoms with E-state index < -0.39 is 0 Å². The highest BCUT2D eigenvalue weighted by Crippen LogP contribution is 2.31. The molecule has 4 nitrogen and oxygen atoms in total. The van der Waals surface area contributed by atoms with E-state index in [4.69, 9.17) is 0 Å². The van der Waals surface area contributed by atoms with Gasteiger partial charge in [-0.05, 0) is 6.07 Å². The Kier molecular flexibility index (Phi) is 2.71. The van der Waals surface area contributed by atoms with E-state index >= 15 is 0 Å². The van der Waals surface area contributed by atoms with Gasteiger partial charge in [0.25, 0.3) is 0 Å². The number of fused-ring (bicyclic) bond motifs is 1. The first-order valence-corrected chi connectivity index (χ1v) is 6.74. The average molecular weight is 272 g/mol. The number of nitrogens with zero attached hydrogens (tertiary/aromatic N) is 3. The summed E-state index contributed by atoms with van der Waals surface area (Å²) in [6.07, 6.45) is 1.80. The molecule has 4 aromatic rings. The molecule has 0 fully saturated rings. The van der Waals surface area contributed by atoms with Crippen LogP contribution >= 0.6 is 0 Å². The van der Waals surface area contributed by atoms with Crippen LogP contribution in [0.15, 0.2) is 66.9 Å². The highest BCUT2D eigenvalue weighted by atomic mass is 15.3. The molecular formula is C17H12N4. The number of para-hydroxylation sites is 1. The molecule has 21 heavy (non-hydrogen) atoms. The Morgan fingerprint density at radius 1 is 0.714 bits per heavy atom. The molecular weight excluding hydrogens is 260 g/mol. The zero-order valence-electron chi connectivity index (χ0n) is 11.2. The molecule has 0 bridgehead atoms. The van der Waals surface area contributed by atoms with Gasteiger partial charge in [-0.25, -0.2) is 0 Å². The van der Waals surface area contributed by atoms with E-state index in [2.05, 4.69) is 20.4 Å². The van der Waals surface area contributed by atoms with Crippen LogP contribution in [-0.2, 0) is 0 Å². The molecule has 0 unspecified atom stereocenters. The van der Waals surface area contributed by atoms with E-state index in [1.807, 2.05) is 60.7 Å². The zero-order valence-corrected chi connectivity index (χ0v) is 11.2. The number of hydrogen-bond donors (Lipinski definition) is 1. The van der Waals surface area contributed by atoms with Crippen LogP contribution in [0, 0.1) is 0 Å². The minimum absolute atomic E-state index is 0.825. The van der Waals surface area contributed by atoms with Crippen LogP contribution in [0.2, 0.25) is 0 Å². The molecule has 0 aliphatic heterocycles. The van der Waals surface area contributed by atoms with Crippen LogP contribution in [0.25, 0.3) is 33.4 Å². The fourth-order valence-electron chi connectivity index (χ4n) is 2.51. The predicted octanol–water partition coefficient (Wildman–Crippen LogP) is 3.69. The second-order valence-corrected chi connectivity index (χ2v) is 4.77. The summed E-state index contributed by atoms with van der Waals surface area (Å²) in [5, 5.41) is 12.5. The minimum Gasteiger partial charge on any atom is -0.256 e. The summed E-state index contributed by atoms with van der Waals surface area (Å²) >= 11 is 0. The maximum atomic E-state index is 4.49.